The van der Waals surface area contributed by atoms with Crippen LogP contribution in [0.2, 0.25) is 0 Å². The number of piperidine rings is 1. The highest BCUT2D eigenvalue weighted by Crippen LogP contribution is 2.35. The van der Waals surface area contributed by atoms with Crippen LogP contribution < -0.4 is 10.4 Å². The van der Waals surface area contributed by atoms with Gasteiger partial charge in [0.25, 0.3) is 5.65 Å². The van der Waals surface area contributed by atoms with E-state index in [4.69, 9.17) is 0 Å². The molecule has 178 valence electrons. The highest BCUT2D eigenvalue weighted by Gasteiger charge is 2.37. The van der Waals surface area contributed by atoms with Crippen LogP contribution in [0.5, 0.6) is 0 Å². The van der Waals surface area contributed by atoms with Crippen molar-refractivity contribution in [3.63, 3.8) is 0 Å². The number of benzene rings is 1. The van der Waals surface area contributed by atoms with Crippen molar-refractivity contribution in [3.8, 4) is 0 Å². The summed E-state index contributed by atoms with van der Waals surface area (Å²) < 4.78 is 69.3. The summed E-state index contributed by atoms with van der Waals surface area (Å²) in [6, 6.07) is 6.79. The standard InChI is InChI=1S/C23H21F3N4O3S/c1-14-6-9-29(34(32,33)16-4-2-3-15(11-16)23(24,25)26)13-19(14)30-10-7-20(31)18-12-28-22-17(21(18)30)5-8-27-22/h2-5,7-8,10-12,14,19H,6,9,13H2,1H3,(H,27,28)/p+1/t14-,19+/m1/s1. The minimum atomic E-state index is -4.64. The maximum atomic E-state index is 13.3. The number of aromatic nitrogens is 3. The summed E-state index contributed by atoms with van der Waals surface area (Å²) in [7, 11) is -4.16. The van der Waals surface area contributed by atoms with Crippen LogP contribution in [0, 0.1) is 5.92 Å². The summed E-state index contributed by atoms with van der Waals surface area (Å²) in [5, 5.41) is 1.26. The average molecular weight is 492 g/mol. The van der Waals surface area contributed by atoms with Crippen molar-refractivity contribution in [1.29, 1.82) is 0 Å². The van der Waals surface area contributed by atoms with E-state index in [1.54, 1.807) is 18.6 Å². The molecule has 4 heterocycles. The highest BCUT2D eigenvalue weighted by atomic mass is 32.2. The molecule has 0 bridgehead atoms. The maximum absolute atomic E-state index is 13.3. The molecule has 0 radical (unpaired) electrons. The van der Waals surface area contributed by atoms with Gasteiger partial charge in [-0.05, 0) is 36.6 Å². The van der Waals surface area contributed by atoms with Crippen LogP contribution >= 0.6 is 0 Å². The molecule has 0 aliphatic carbocycles. The molecule has 0 amide bonds. The molecule has 0 saturated carbocycles. The third-order valence-electron chi connectivity index (χ3n) is 6.57. The zero-order valence-electron chi connectivity index (χ0n) is 18.1. The Labute approximate surface area is 192 Å². The topological polar surface area (TPSA) is 89.3 Å². The first-order valence-electron chi connectivity index (χ1n) is 10.8. The summed E-state index contributed by atoms with van der Waals surface area (Å²) in [4.78, 5) is 18.3. The molecule has 1 saturated heterocycles. The number of sulfonamides is 1. The van der Waals surface area contributed by atoms with Gasteiger partial charge in [-0.15, -0.1) is 0 Å². The molecule has 3 aromatic heterocycles. The number of fused-ring (bicyclic) bond motifs is 3. The molecular formula is C23H22F3N4O3S+. The van der Waals surface area contributed by atoms with E-state index in [1.807, 2.05) is 17.6 Å². The molecule has 34 heavy (non-hydrogen) atoms. The molecule has 1 fully saturated rings. The zero-order chi connectivity index (χ0) is 24.3. The Morgan fingerprint density at radius 2 is 1.94 bits per heavy atom. The van der Waals surface area contributed by atoms with Gasteiger partial charge in [-0.25, -0.2) is 18.4 Å². The van der Waals surface area contributed by atoms with Gasteiger partial charge in [0.15, 0.2) is 5.43 Å². The van der Waals surface area contributed by atoms with Crippen LogP contribution in [0.15, 0.2) is 64.7 Å². The number of hydrogen-bond donors (Lipinski definition) is 1. The Bertz CT molecular complexity index is 1560. The average Bonchev–Trinajstić information content (AvgIpc) is 3.29. The van der Waals surface area contributed by atoms with Gasteiger partial charge in [-0.2, -0.15) is 17.5 Å². The molecule has 0 spiro atoms. The second-order valence-corrected chi connectivity index (χ2v) is 10.6. The molecule has 7 nitrogen and oxygen atoms in total. The lowest BCUT2D eigenvalue weighted by Crippen LogP contribution is -2.44. The first-order chi connectivity index (χ1) is 16.1. The molecule has 1 aromatic carbocycles. The minimum absolute atomic E-state index is 0.0665. The van der Waals surface area contributed by atoms with Crippen molar-refractivity contribution in [2.45, 2.75) is 30.5 Å². The molecule has 1 aliphatic heterocycles. The number of pyridine rings is 2. The number of hydrogen-bond acceptors (Lipinski definition) is 3. The van der Waals surface area contributed by atoms with Gasteiger partial charge in [-0.3, -0.25) is 4.79 Å². The maximum Gasteiger partial charge on any atom is 0.416 e. The van der Waals surface area contributed by atoms with E-state index in [9.17, 15) is 26.4 Å². The second kappa shape index (κ2) is 7.95. The van der Waals surface area contributed by atoms with Gasteiger partial charge in [0.05, 0.1) is 39.0 Å². The fraction of sp³-hybridized carbons (Fsp3) is 0.304. The number of aromatic amines is 2. The van der Waals surface area contributed by atoms with E-state index in [1.165, 1.54) is 16.4 Å². The molecule has 2 atom stereocenters. The van der Waals surface area contributed by atoms with Crippen molar-refractivity contribution >= 4 is 32.0 Å². The molecule has 2 N–H and O–H groups in total. The smallest absolute Gasteiger partial charge is 0.342 e. The predicted octanol–water partition coefficient (Wildman–Crippen LogP) is 3.59. The van der Waals surface area contributed by atoms with E-state index in [0.29, 0.717) is 23.4 Å². The Hall–Kier alpha value is -3.18. The largest absolute Gasteiger partial charge is 0.416 e. The lowest BCUT2D eigenvalue weighted by Gasteiger charge is -2.38. The number of H-pyrrole nitrogens is 2. The van der Waals surface area contributed by atoms with Gasteiger partial charge in [0.2, 0.25) is 10.0 Å². The van der Waals surface area contributed by atoms with Crippen molar-refractivity contribution < 1.29 is 26.6 Å². The first-order valence-corrected chi connectivity index (χ1v) is 12.2. The van der Waals surface area contributed by atoms with Gasteiger partial charge in [0, 0.05) is 25.4 Å². The van der Waals surface area contributed by atoms with Gasteiger partial charge in [-0.1, -0.05) is 13.0 Å². The van der Waals surface area contributed by atoms with Crippen molar-refractivity contribution in [1.82, 2.24) is 13.9 Å². The van der Waals surface area contributed by atoms with E-state index in [-0.39, 0.29) is 35.4 Å². The van der Waals surface area contributed by atoms with Crippen LogP contribution in [0.1, 0.15) is 24.9 Å². The molecular weight excluding hydrogens is 469 g/mol. The Kier molecular flexibility index (Phi) is 5.28. The summed E-state index contributed by atoms with van der Waals surface area (Å²) in [6.07, 6.45) is 0.914. The van der Waals surface area contributed by atoms with Crippen LogP contribution in [0.3, 0.4) is 0 Å². The van der Waals surface area contributed by atoms with E-state index < -0.39 is 21.8 Å². The van der Waals surface area contributed by atoms with Gasteiger partial charge >= 0.3 is 6.18 Å². The number of rotatable bonds is 3. The molecule has 5 rings (SSSR count). The van der Waals surface area contributed by atoms with Crippen LogP contribution in [-0.2, 0) is 16.2 Å². The second-order valence-electron chi connectivity index (χ2n) is 8.63. The number of nitrogens with one attached hydrogen (secondary N) is 2. The normalized spacial score (nSPS) is 20.2. The Morgan fingerprint density at radius 3 is 2.71 bits per heavy atom. The third kappa shape index (κ3) is 3.68. The number of nitrogens with zero attached hydrogens (tertiary/aromatic N) is 2. The monoisotopic (exact) mass is 491 g/mol. The Morgan fingerprint density at radius 1 is 1.15 bits per heavy atom. The zero-order valence-corrected chi connectivity index (χ0v) is 18.9. The van der Waals surface area contributed by atoms with Crippen molar-refractivity contribution in [3.05, 3.63) is 70.8 Å². The lowest BCUT2D eigenvalue weighted by molar-refractivity contribution is -0.345. The fourth-order valence-electron chi connectivity index (χ4n) is 4.68. The summed E-state index contributed by atoms with van der Waals surface area (Å²) in [5.74, 6) is 0.0665. The highest BCUT2D eigenvalue weighted by molar-refractivity contribution is 7.89. The fourth-order valence-corrected chi connectivity index (χ4v) is 6.20. The SMILES string of the molecule is C[C@@H]1CCN(S(=O)(=O)c2cccc(C(F)(F)F)c2)C[C@@H]1n1ccc(=O)c2c[nH+]c3[nH]ccc3c21. The lowest BCUT2D eigenvalue weighted by atomic mass is 9.94. The van der Waals surface area contributed by atoms with Crippen LogP contribution in [-0.4, -0.2) is 35.4 Å². The molecule has 11 heteroatoms. The molecule has 4 aromatic rings. The summed E-state index contributed by atoms with van der Waals surface area (Å²) in [5.41, 5.74) is 0.233. The van der Waals surface area contributed by atoms with E-state index >= 15 is 0 Å². The van der Waals surface area contributed by atoms with Crippen molar-refractivity contribution in [2.75, 3.05) is 13.1 Å². The quantitative estimate of drug-likeness (QED) is 0.475. The summed E-state index contributed by atoms with van der Waals surface area (Å²) >= 11 is 0. The van der Waals surface area contributed by atoms with E-state index in [2.05, 4.69) is 9.97 Å². The predicted molar refractivity (Wildman–Crippen MR) is 120 cm³/mol. The number of halogens is 3. The molecule has 1 aliphatic rings. The van der Waals surface area contributed by atoms with Gasteiger partial charge < -0.3 is 4.57 Å². The van der Waals surface area contributed by atoms with E-state index in [0.717, 1.165) is 23.2 Å². The van der Waals surface area contributed by atoms with Gasteiger partial charge in [0.1, 0.15) is 6.20 Å². The third-order valence-corrected chi connectivity index (χ3v) is 8.43. The summed E-state index contributed by atoms with van der Waals surface area (Å²) in [6.45, 7) is 2.27. The minimum Gasteiger partial charge on any atom is -0.342 e. The van der Waals surface area contributed by atoms with Crippen LogP contribution in [0.4, 0.5) is 13.2 Å². The van der Waals surface area contributed by atoms with Crippen LogP contribution in [0.25, 0.3) is 21.9 Å². The number of alkyl halides is 3. The Balaban J connectivity index is 1.58. The first kappa shape index (κ1) is 22.6. The van der Waals surface area contributed by atoms with Crippen molar-refractivity contribution in [2.24, 2.45) is 5.92 Å². The molecule has 0 unspecified atom stereocenters.